The van der Waals surface area contributed by atoms with Crippen molar-refractivity contribution in [2.75, 3.05) is 6.61 Å². The minimum absolute atomic E-state index is 0.148. The number of imidazole rings is 1. The van der Waals surface area contributed by atoms with E-state index in [1.54, 1.807) is 13.8 Å². The third-order valence-electron chi connectivity index (χ3n) is 2.34. The highest BCUT2D eigenvalue weighted by Gasteiger charge is 2.19. The molecular formula is C11H15N3O4. The van der Waals surface area contributed by atoms with Gasteiger partial charge in [0.2, 0.25) is 0 Å². The highest BCUT2D eigenvalue weighted by molar-refractivity contribution is 5.93. The maximum absolute atomic E-state index is 11.6. The Morgan fingerprint density at radius 2 is 2.28 bits per heavy atom. The first-order valence-corrected chi connectivity index (χ1v) is 5.54. The molecule has 0 bridgehead atoms. The Morgan fingerprint density at radius 1 is 1.61 bits per heavy atom. The molecule has 1 rings (SSSR count). The van der Waals surface area contributed by atoms with Gasteiger partial charge in [-0.2, -0.15) is 0 Å². The maximum Gasteiger partial charge on any atom is 0.349 e. The molecule has 0 atom stereocenters. The molecule has 0 aromatic carbocycles. The number of nitrogens with zero attached hydrogens (tertiary/aromatic N) is 3. The molecule has 0 aliphatic rings. The summed E-state index contributed by atoms with van der Waals surface area (Å²) in [6.07, 6.45) is 3.16. The van der Waals surface area contributed by atoms with Crippen LogP contribution in [0.25, 0.3) is 6.08 Å². The first-order valence-electron chi connectivity index (χ1n) is 5.54. The van der Waals surface area contributed by atoms with Crippen LogP contribution in [0.4, 0.5) is 5.82 Å². The second-order valence-corrected chi connectivity index (χ2v) is 3.57. The number of aryl methyl sites for hydroxylation is 1. The fourth-order valence-electron chi connectivity index (χ4n) is 1.46. The summed E-state index contributed by atoms with van der Waals surface area (Å²) >= 11 is 0. The van der Waals surface area contributed by atoms with E-state index >= 15 is 0 Å². The topological polar surface area (TPSA) is 87.3 Å². The number of esters is 1. The van der Waals surface area contributed by atoms with Gasteiger partial charge in [0.25, 0.3) is 0 Å². The number of nitro groups is 1. The number of hydrogen-bond donors (Lipinski definition) is 0. The molecule has 0 unspecified atom stereocenters. The van der Waals surface area contributed by atoms with Crippen molar-refractivity contribution in [1.82, 2.24) is 9.55 Å². The smallest absolute Gasteiger partial charge is 0.349 e. The molecule has 0 N–H and O–H groups in total. The molecule has 0 radical (unpaired) electrons. The van der Waals surface area contributed by atoms with E-state index in [4.69, 9.17) is 4.74 Å². The van der Waals surface area contributed by atoms with Crippen LogP contribution in [-0.2, 0) is 16.6 Å². The molecule has 0 fully saturated rings. The summed E-state index contributed by atoms with van der Waals surface area (Å²) in [7, 11) is 1.53. The molecular weight excluding hydrogens is 238 g/mol. The molecule has 1 heterocycles. The highest BCUT2D eigenvalue weighted by atomic mass is 16.6. The van der Waals surface area contributed by atoms with Crippen LogP contribution < -0.4 is 0 Å². The van der Waals surface area contributed by atoms with Crippen LogP contribution in [0.3, 0.4) is 0 Å². The van der Waals surface area contributed by atoms with Gasteiger partial charge >= 0.3 is 11.8 Å². The predicted octanol–water partition coefficient (Wildman–Crippen LogP) is 1.68. The largest absolute Gasteiger partial charge is 0.463 e. The Hall–Kier alpha value is -2.18. The lowest BCUT2D eigenvalue weighted by Gasteiger charge is -2.03. The molecule has 1 aromatic heterocycles. The van der Waals surface area contributed by atoms with Gasteiger partial charge in [0.15, 0.2) is 12.0 Å². The van der Waals surface area contributed by atoms with Gasteiger partial charge in [-0.25, -0.2) is 14.3 Å². The molecule has 1 aromatic rings. The van der Waals surface area contributed by atoms with E-state index in [1.165, 1.54) is 24.0 Å². The van der Waals surface area contributed by atoms with Crippen LogP contribution in [0.15, 0.2) is 11.9 Å². The zero-order valence-electron chi connectivity index (χ0n) is 10.5. The van der Waals surface area contributed by atoms with E-state index in [2.05, 4.69) is 4.98 Å². The first-order chi connectivity index (χ1) is 8.51. The van der Waals surface area contributed by atoms with Crippen molar-refractivity contribution in [3.8, 4) is 0 Å². The van der Waals surface area contributed by atoms with E-state index in [9.17, 15) is 14.9 Å². The van der Waals surface area contributed by atoms with Crippen LogP contribution in [0.2, 0.25) is 0 Å². The molecule has 18 heavy (non-hydrogen) atoms. The Kier molecular flexibility index (Phi) is 4.59. The summed E-state index contributed by atoms with van der Waals surface area (Å²) in [6, 6.07) is 0. The van der Waals surface area contributed by atoms with Crippen LogP contribution in [0, 0.1) is 10.1 Å². The molecule has 7 heteroatoms. The van der Waals surface area contributed by atoms with Gasteiger partial charge < -0.3 is 14.9 Å². The van der Waals surface area contributed by atoms with Crippen molar-refractivity contribution in [2.24, 2.45) is 7.05 Å². The summed E-state index contributed by atoms with van der Waals surface area (Å²) in [5, 5.41) is 10.9. The Balaban J connectivity index is 3.14. The molecule has 0 amide bonds. The van der Waals surface area contributed by atoms with Gasteiger partial charge in [-0.3, -0.25) is 0 Å². The second kappa shape index (κ2) is 5.95. The van der Waals surface area contributed by atoms with Crippen molar-refractivity contribution in [3.05, 3.63) is 27.7 Å². The number of hydrogen-bond acceptors (Lipinski definition) is 5. The van der Waals surface area contributed by atoms with E-state index in [0.717, 1.165) is 0 Å². The molecule has 0 aliphatic carbocycles. The van der Waals surface area contributed by atoms with Gasteiger partial charge in [0.1, 0.15) is 0 Å². The van der Waals surface area contributed by atoms with Crippen molar-refractivity contribution in [3.63, 3.8) is 0 Å². The number of rotatable bonds is 5. The van der Waals surface area contributed by atoms with Crippen molar-refractivity contribution in [1.29, 1.82) is 0 Å². The lowest BCUT2D eigenvalue weighted by Crippen LogP contribution is -2.07. The molecule has 0 saturated carbocycles. The lowest BCUT2D eigenvalue weighted by molar-refractivity contribution is -0.392. The van der Waals surface area contributed by atoms with Crippen LogP contribution in [0.1, 0.15) is 26.0 Å². The minimum atomic E-state index is -0.530. The predicted molar refractivity (Wildman–Crippen MR) is 64.8 cm³/mol. The zero-order valence-corrected chi connectivity index (χ0v) is 10.5. The van der Waals surface area contributed by atoms with E-state index < -0.39 is 10.9 Å². The lowest BCUT2D eigenvalue weighted by atomic mass is 10.1. The monoisotopic (exact) mass is 253 g/mol. The molecule has 0 spiro atoms. The van der Waals surface area contributed by atoms with Crippen LogP contribution >= 0.6 is 0 Å². The van der Waals surface area contributed by atoms with Gasteiger partial charge in [0.05, 0.1) is 13.7 Å². The van der Waals surface area contributed by atoms with Gasteiger partial charge in [-0.15, -0.1) is 0 Å². The summed E-state index contributed by atoms with van der Waals surface area (Å²) in [4.78, 5) is 25.8. The fraction of sp³-hybridized carbons (Fsp3) is 0.455. The Labute approximate surface area is 104 Å². The van der Waals surface area contributed by atoms with E-state index in [-0.39, 0.29) is 18.1 Å². The van der Waals surface area contributed by atoms with Crippen LogP contribution in [-0.4, -0.2) is 27.1 Å². The number of ether oxygens (including phenoxy) is 1. The quantitative estimate of drug-likeness (QED) is 0.345. The molecule has 7 nitrogen and oxygen atoms in total. The number of carbonyl (C=O) groups excluding carboxylic acids is 1. The van der Waals surface area contributed by atoms with Gasteiger partial charge in [-0.1, -0.05) is 6.92 Å². The Morgan fingerprint density at radius 3 is 2.78 bits per heavy atom. The molecule has 0 aliphatic heterocycles. The minimum Gasteiger partial charge on any atom is -0.463 e. The van der Waals surface area contributed by atoms with Crippen molar-refractivity contribution >= 4 is 17.9 Å². The SMILES string of the molecule is CCOC(=O)C(=Cc1ncn(C)c1[N+](=O)[O-])CC. The Bertz CT molecular complexity index is 490. The second-order valence-electron chi connectivity index (χ2n) is 3.57. The number of aromatic nitrogens is 2. The van der Waals surface area contributed by atoms with E-state index in [1.807, 2.05) is 0 Å². The third kappa shape index (κ3) is 2.93. The van der Waals surface area contributed by atoms with Crippen LogP contribution in [0.5, 0.6) is 0 Å². The van der Waals surface area contributed by atoms with Crippen molar-refractivity contribution < 1.29 is 14.5 Å². The first kappa shape index (κ1) is 13.9. The van der Waals surface area contributed by atoms with E-state index in [0.29, 0.717) is 12.0 Å². The van der Waals surface area contributed by atoms with Gasteiger partial charge in [0, 0.05) is 5.57 Å². The molecule has 0 saturated heterocycles. The normalized spacial score (nSPS) is 11.4. The molecule has 98 valence electrons. The standard InChI is InChI=1S/C11H15N3O4/c1-4-8(11(15)18-5-2)6-9-10(14(16)17)13(3)7-12-9/h6-7H,4-5H2,1-3H3. The maximum atomic E-state index is 11.6. The fourth-order valence-corrected chi connectivity index (χ4v) is 1.46. The zero-order chi connectivity index (χ0) is 13.7. The van der Waals surface area contributed by atoms with Gasteiger partial charge in [-0.05, 0) is 24.3 Å². The summed E-state index contributed by atoms with van der Waals surface area (Å²) in [5.74, 6) is -0.620. The number of carbonyl (C=O) groups is 1. The highest BCUT2D eigenvalue weighted by Crippen LogP contribution is 2.20. The summed E-state index contributed by atoms with van der Waals surface area (Å²) in [6.45, 7) is 3.74. The summed E-state index contributed by atoms with van der Waals surface area (Å²) < 4.78 is 6.16. The van der Waals surface area contributed by atoms with Crippen molar-refractivity contribution in [2.45, 2.75) is 20.3 Å². The average Bonchev–Trinajstić information content (AvgIpc) is 2.67. The average molecular weight is 253 g/mol. The summed E-state index contributed by atoms with van der Waals surface area (Å²) in [5.41, 5.74) is 0.519. The third-order valence-corrected chi connectivity index (χ3v) is 2.34.